The largest absolute Gasteiger partial charge is 0.456 e. The van der Waals surface area contributed by atoms with E-state index in [1.165, 1.54) is 0 Å². The lowest BCUT2D eigenvalue weighted by atomic mass is 10.1. The molecule has 0 saturated carbocycles. The molecular weight excluding hydrogens is 320 g/mol. The summed E-state index contributed by atoms with van der Waals surface area (Å²) in [5, 5.41) is 5.81. The number of ether oxygens (including phenoxy) is 1. The molecule has 2 N–H and O–H groups in total. The quantitative estimate of drug-likeness (QED) is 0.775. The van der Waals surface area contributed by atoms with Crippen LogP contribution in [0.2, 0.25) is 5.02 Å². The number of esters is 1. The fourth-order valence-electron chi connectivity index (χ4n) is 1.65. The summed E-state index contributed by atoms with van der Waals surface area (Å²) in [5.41, 5.74) is 0.0723. The maximum atomic E-state index is 11.8. The Morgan fingerprint density at radius 1 is 1.13 bits per heavy atom. The van der Waals surface area contributed by atoms with Gasteiger partial charge in [0.2, 0.25) is 0 Å². The maximum absolute atomic E-state index is 11.8. The van der Waals surface area contributed by atoms with Crippen LogP contribution in [0.3, 0.4) is 0 Å². The Morgan fingerprint density at radius 2 is 1.74 bits per heavy atom. The van der Waals surface area contributed by atoms with E-state index in [2.05, 4.69) is 10.6 Å². The van der Waals surface area contributed by atoms with E-state index in [1.807, 2.05) is 20.8 Å². The Bertz CT molecular complexity index is 564. The maximum Gasteiger partial charge on any atom is 0.308 e. The van der Waals surface area contributed by atoms with E-state index in [0.29, 0.717) is 10.6 Å². The van der Waals surface area contributed by atoms with Crippen molar-refractivity contribution in [1.82, 2.24) is 10.6 Å². The molecule has 0 spiro atoms. The second-order valence-corrected chi connectivity index (χ2v) is 6.41. The fourth-order valence-corrected chi connectivity index (χ4v) is 1.78. The second-order valence-electron chi connectivity index (χ2n) is 5.97. The van der Waals surface area contributed by atoms with E-state index in [4.69, 9.17) is 16.3 Å². The predicted octanol–water partition coefficient (Wildman–Crippen LogP) is 1.92. The number of halogens is 1. The zero-order valence-electron chi connectivity index (χ0n) is 13.4. The van der Waals surface area contributed by atoms with Gasteiger partial charge in [0.25, 0.3) is 11.8 Å². The van der Waals surface area contributed by atoms with Crippen molar-refractivity contribution in [2.45, 2.75) is 32.7 Å². The van der Waals surface area contributed by atoms with Crippen molar-refractivity contribution in [2.75, 3.05) is 13.2 Å². The Balaban J connectivity index is 2.25. The monoisotopic (exact) mass is 340 g/mol. The summed E-state index contributed by atoms with van der Waals surface area (Å²) in [6.45, 7) is 5.29. The van der Waals surface area contributed by atoms with Crippen LogP contribution in [0.15, 0.2) is 24.3 Å². The molecule has 0 aliphatic carbocycles. The average molecular weight is 341 g/mol. The van der Waals surface area contributed by atoms with Crippen molar-refractivity contribution in [3.63, 3.8) is 0 Å². The van der Waals surface area contributed by atoms with Gasteiger partial charge < -0.3 is 15.4 Å². The molecule has 0 fully saturated rings. The minimum absolute atomic E-state index is 0.0118. The molecular formula is C16H21ClN2O4. The van der Waals surface area contributed by atoms with E-state index in [0.717, 1.165) is 0 Å². The first-order valence-corrected chi connectivity index (χ1v) is 7.55. The molecule has 0 aromatic heterocycles. The number of nitrogens with one attached hydrogen (secondary N) is 2. The van der Waals surface area contributed by atoms with Crippen molar-refractivity contribution in [2.24, 2.45) is 0 Å². The van der Waals surface area contributed by atoms with Gasteiger partial charge in [0, 0.05) is 22.7 Å². The number of benzene rings is 1. The fraction of sp³-hybridized carbons (Fsp3) is 0.438. The standard InChI is InChI=1S/C16H21ClN2O4/c1-16(2,3)19-13(20)10-23-14(21)8-9-18-15(22)11-4-6-12(17)7-5-11/h4-7H,8-10H2,1-3H3,(H,18,22)(H,19,20). The van der Waals surface area contributed by atoms with Gasteiger partial charge in [0.05, 0.1) is 6.42 Å². The third kappa shape index (κ3) is 8.21. The molecule has 2 amide bonds. The van der Waals surface area contributed by atoms with Gasteiger partial charge in [-0.05, 0) is 45.0 Å². The molecule has 0 atom stereocenters. The molecule has 0 aliphatic rings. The van der Waals surface area contributed by atoms with Gasteiger partial charge in [-0.3, -0.25) is 14.4 Å². The van der Waals surface area contributed by atoms with E-state index >= 15 is 0 Å². The summed E-state index contributed by atoms with van der Waals surface area (Å²) in [5.74, 6) is -1.22. The van der Waals surface area contributed by atoms with Crippen molar-refractivity contribution in [3.8, 4) is 0 Å². The normalized spacial score (nSPS) is 10.8. The van der Waals surface area contributed by atoms with Crippen LogP contribution in [0.25, 0.3) is 0 Å². The molecule has 0 aliphatic heterocycles. The van der Waals surface area contributed by atoms with Crippen molar-refractivity contribution in [3.05, 3.63) is 34.9 Å². The highest BCUT2D eigenvalue weighted by molar-refractivity contribution is 6.30. The van der Waals surface area contributed by atoms with Gasteiger partial charge in [-0.1, -0.05) is 11.6 Å². The van der Waals surface area contributed by atoms with E-state index in [-0.39, 0.29) is 36.9 Å². The molecule has 126 valence electrons. The van der Waals surface area contributed by atoms with Gasteiger partial charge in [0.1, 0.15) is 0 Å². The van der Waals surface area contributed by atoms with Crippen molar-refractivity contribution >= 4 is 29.4 Å². The molecule has 1 aromatic carbocycles. The van der Waals surface area contributed by atoms with E-state index in [9.17, 15) is 14.4 Å². The molecule has 0 heterocycles. The lowest BCUT2D eigenvalue weighted by Crippen LogP contribution is -2.42. The highest BCUT2D eigenvalue weighted by Crippen LogP contribution is 2.09. The molecule has 0 saturated heterocycles. The SMILES string of the molecule is CC(C)(C)NC(=O)COC(=O)CCNC(=O)c1ccc(Cl)cc1. The predicted molar refractivity (Wildman–Crippen MR) is 87.3 cm³/mol. The summed E-state index contributed by atoms with van der Waals surface area (Å²) in [6.07, 6.45) is -0.0118. The molecule has 1 rings (SSSR count). The number of rotatable bonds is 6. The summed E-state index contributed by atoms with van der Waals surface area (Å²) in [7, 11) is 0. The number of carbonyl (C=O) groups is 3. The highest BCUT2D eigenvalue weighted by Gasteiger charge is 2.15. The number of carbonyl (C=O) groups excluding carboxylic acids is 3. The van der Waals surface area contributed by atoms with Crippen molar-refractivity contribution in [1.29, 1.82) is 0 Å². The van der Waals surface area contributed by atoms with Gasteiger partial charge in [-0.25, -0.2) is 0 Å². The highest BCUT2D eigenvalue weighted by atomic mass is 35.5. The Labute approximate surface area is 140 Å². The Kier molecular flexibility index (Phi) is 7.03. The minimum atomic E-state index is -0.550. The molecule has 7 heteroatoms. The summed E-state index contributed by atoms with van der Waals surface area (Å²) < 4.78 is 4.83. The number of amides is 2. The van der Waals surface area contributed by atoms with Gasteiger partial charge in [-0.15, -0.1) is 0 Å². The number of hydrogen-bond donors (Lipinski definition) is 2. The lowest BCUT2D eigenvalue weighted by molar-refractivity contribution is -0.148. The Hall–Kier alpha value is -2.08. The second kappa shape index (κ2) is 8.53. The van der Waals surface area contributed by atoms with E-state index in [1.54, 1.807) is 24.3 Å². The van der Waals surface area contributed by atoms with Crippen LogP contribution in [0, 0.1) is 0 Å². The first-order valence-electron chi connectivity index (χ1n) is 7.18. The lowest BCUT2D eigenvalue weighted by Gasteiger charge is -2.20. The molecule has 6 nitrogen and oxygen atoms in total. The molecule has 0 bridgehead atoms. The summed E-state index contributed by atoms with van der Waals surface area (Å²) in [6, 6.07) is 6.40. The van der Waals surface area contributed by atoms with Gasteiger partial charge in [-0.2, -0.15) is 0 Å². The topological polar surface area (TPSA) is 84.5 Å². The zero-order chi connectivity index (χ0) is 17.5. The van der Waals surface area contributed by atoms with E-state index < -0.39 is 5.97 Å². The molecule has 23 heavy (non-hydrogen) atoms. The van der Waals surface area contributed by atoms with Crippen LogP contribution in [-0.4, -0.2) is 36.5 Å². The average Bonchev–Trinajstić information content (AvgIpc) is 2.44. The molecule has 1 aromatic rings. The van der Waals surface area contributed by atoms with Crippen molar-refractivity contribution < 1.29 is 19.1 Å². The van der Waals surface area contributed by atoms with Crippen LogP contribution in [0.5, 0.6) is 0 Å². The third-order valence-corrected chi connectivity index (χ3v) is 2.85. The Morgan fingerprint density at radius 3 is 2.30 bits per heavy atom. The van der Waals surface area contributed by atoms with Crippen LogP contribution < -0.4 is 10.6 Å². The van der Waals surface area contributed by atoms with Gasteiger partial charge >= 0.3 is 5.97 Å². The molecule has 0 radical (unpaired) electrons. The van der Waals surface area contributed by atoms with Crippen LogP contribution in [-0.2, 0) is 14.3 Å². The van der Waals surface area contributed by atoms with Gasteiger partial charge in [0.15, 0.2) is 6.61 Å². The number of hydrogen-bond acceptors (Lipinski definition) is 4. The van der Waals surface area contributed by atoms with Crippen LogP contribution in [0.1, 0.15) is 37.6 Å². The summed E-state index contributed by atoms with van der Waals surface area (Å²) >= 11 is 5.74. The summed E-state index contributed by atoms with van der Waals surface area (Å²) in [4.78, 5) is 34.8. The zero-order valence-corrected chi connectivity index (χ0v) is 14.2. The van der Waals surface area contributed by atoms with Crippen LogP contribution in [0.4, 0.5) is 0 Å². The minimum Gasteiger partial charge on any atom is -0.456 e. The van der Waals surface area contributed by atoms with Crippen LogP contribution >= 0.6 is 11.6 Å². The first-order chi connectivity index (χ1) is 10.7. The first kappa shape index (κ1) is 19.0. The third-order valence-electron chi connectivity index (χ3n) is 2.60. The smallest absolute Gasteiger partial charge is 0.308 e. The molecule has 0 unspecified atom stereocenters.